The Balaban J connectivity index is 2.55. The molecule has 0 saturated heterocycles. The zero-order valence-corrected chi connectivity index (χ0v) is 11.3. The van der Waals surface area contributed by atoms with E-state index in [-0.39, 0.29) is 12.2 Å². The first kappa shape index (κ1) is 13.8. The molecule has 2 aromatic heterocycles. The number of fused-ring (bicyclic) bond motifs is 1. The molecule has 2 heterocycles. The number of aryl methyl sites for hydroxylation is 1. The van der Waals surface area contributed by atoms with E-state index in [4.69, 9.17) is 10.5 Å². The number of anilines is 1. The summed E-state index contributed by atoms with van der Waals surface area (Å²) >= 11 is 0. The van der Waals surface area contributed by atoms with Gasteiger partial charge in [0.25, 0.3) is 0 Å². The predicted molar refractivity (Wildman–Crippen MR) is 77.4 cm³/mol. The van der Waals surface area contributed by atoms with Crippen LogP contribution >= 0.6 is 0 Å². The standard InChI is InChI=1S/C14H16N4O2/c1-4-6-18-13-10(8-16-18)12(15)11(9(3)17-13)14(19)20-7-5-2/h4-5,8H,1-2,6-7H2,3H3,(H2,15,17). The molecule has 0 aliphatic rings. The van der Waals surface area contributed by atoms with Crippen LogP contribution in [-0.2, 0) is 11.3 Å². The van der Waals surface area contributed by atoms with Crippen molar-refractivity contribution in [3.63, 3.8) is 0 Å². The molecular weight excluding hydrogens is 256 g/mol. The van der Waals surface area contributed by atoms with E-state index in [2.05, 4.69) is 23.2 Å². The Morgan fingerprint density at radius 1 is 1.50 bits per heavy atom. The smallest absolute Gasteiger partial charge is 0.342 e. The predicted octanol–water partition coefficient (Wildman–Crippen LogP) is 1.85. The largest absolute Gasteiger partial charge is 0.458 e. The molecule has 0 aliphatic heterocycles. The maximum absolute atomic E-state index is 12.0. The van der Waals surface area contributed by atoms with Gasteiger partial charge in [-0.05, 0) is 6.92 Å². The van der Waals surface area contributed by atoms with Crippen molar-refractivity contribution in [1.29, 1.82) is 0 Å². The summed E-state index contributed by atoms with van der Waals surface area (Å²) in [7, 11) is 0. The molecule has 20 heavy (non-hydrogen) atoms. The molecule has 0 aromatic carbocycles. The Bertz CT molecular complexity index is 688. The molecule has 0 saturated carbocycles. The second kappa shape index (κ2) is 5.56. The van der Waals surface area contributed by atoms with E-state index in [9.17, 15) is 4.79 Å². The lowest BCUT2D eigenvalue weighted by Crippen LogP contribution is -2.12. The molecule has 6 nitrogen and oxygen atoms in total. The number of nitrogen functional groups attached to an aromatic ring is 1. The van der Waals surface area contributed by atoms with Gasteiger partial charge in [0.2, 0.25) is 0 Å². The highest BCUT2D eigenvalue weighted by Gasteiger charge is 2.20. The molecule has 2 aromatic rings. The number of hydrogen-bond acceptors (Lipinski definition) is 5. The van der Waals surface area contributed by atoms with Crippen LogP contribution in [0.3, 0.4) is 0 Å². The van der Waals surface area contributed by atoms with Crippen LogP contribution in [0.25, 0.3) is 11.0 Å². The van der Waals surface area contributed by atoms with E-state index in [1.165, 1.54) is 6.08 Å². The van der Waals surface area contributed by atoms with Gasteiger partial charge in [-0.2, -0.15) is 5.10 Å². The van der Waals surface area contributed by atoms with Gasteiger partial charge in [-0.3, -0.25) is 0 Å². The van der Waals surface area contributed by atoms with Crippen molar-refractivity contribution in [3.8, 4) is 0 Å². The topological polar surface area (TPSA) is 83.0 Å². The number of pyridine rings is 1. The summed E-state index contributed by atoms with van der Waals surface area (Å²) in [5.41, 5.74) is 7.80. The fourth-order valence-electron chi connectivity index (χ4n) is 1.95. The van der Waals surface area contributed by atoms with Crippen LogP contribution in [0.4, 0.5) is 5.69 Å². The van der Waals surface area contributed by atoms with Gasteiger partial charge in [-0.15, -0.1) is 6.58 Å². The number of rotatable bonds is 5. The lowest BCUT2D eigenvalue weighted by atomic mass is 10.1. The second-order valence-electron chi connectivity index (χ2n) is 4.23. The Morgan fingerprint density at radius 3 is 2.90 bits per heavy atom. The number of carbonyl (C=O) groups is 1. The number of allylic oxidation sites excluding steroid dienone is 1. The van der Waals surface area contributed by atoms with Crippen molar-refractivity contribution < 1.29 is 9.53 Å². The number of nitrogens with two attached hydrogens (primary N) is 1. The molecule has 0 aliphatic carbocycles. The zero-order chi connectivity index (χ0) is 14.7. The highest BCUT2D eigenvalue weighted by Crippen LogP contribution is 2.26. The van der Waals surface area contributed by atoms with Crippen LogP contribution in [0.1, 0.15) is 16.1 Å². The summed E-state index contributed by atoms with van der Waals surface area (Å²) in [4.78, 5) is 16.4. The fourth-order valence-corrected chi connectivity index (χ4v) is 1.95. The van der Waals surface area contributed by atoms with Gasteiger partial charge in [0.05, 0.1) is 29.5 Å². The normalized spacial score (nSPS) is 10.4. The molecule has 2 N–H and O–H groups in total. The van der Waals surface area contributed by atoms with Crippen LogP contribution < -0.4 is 5.73 Å². The Morgan fingerprint density at radius 2 is 2.25 bits per heavy atom. The summed E-state index contributed by atoms with van der Waals surface area (Å²) in [6.07, 6.45) is 4.80. The number of ether oxygens (including phenoxy) is 1. The van der Waals surface area contributed by atoms with Crippen LogP contribution in [-0.4, -0.2) is 27.3 Å². The molecule has 0 unspecified atom stereocenters. The number of carbonyl (C=O) groups excluding carboxylic acids is 1. The fraction of sp³-hybridized carbons (Fsp3) is 0.214. The van der Waals surface area contributed by atoms with Crippen molar-refractivity contribution in [3.05, 3.63) is 42.8 Å². The summed E-state index contributed by atoms with van der Waals surface area (Å²) in [5, 5.41) is 4.81. The third-order valence-corrected chi connectivity index (χ3v) is 2.84. The summed E-state index contributed by atoms with van der Waals surface area (Å²) in [6.45, 7) is 9.53. The molecule has 0 fully saturated rings. The van der Waals surface area contributed by atoms with E-state index in [0.717, 1.165) is 0 Å². The average Bonchev–Trinajstić information content (AvgIpc) is 2.80. The van der Waals surface area contributed by atoms with Crippen LogP contribution in [0.15, 0.2) is 31.5 Å². The second-order valence-corrected chi connectivity index (χ2v) is 4.23. The number of aromatic nitrogens is 3. The van der Waals surface area contributed by atoms with Gasteiger partial charge in [-0.1, -0.05) is 18.7 Å². The average molecular weight is 272 g/mol. The lowest BCUT2D eigenvalue weighted by Gasteiger charge is -2.09. The maximum atomic E-state index is 12.0. The maximum Gasteiger partial charge on any atom is 0.342 e. The zero-order valence-electron chi connectivity index (χ0n) is 11.3. The van der Waals surface area contributed by atoms with Gasteiger partial charge in [-0.25, -0.2) is 14.5 Å². The minimum Gasteiger partial charge on any atom is -0.458 e. The molecular formula is C14H16N4O2. The Labute approximate surface area is 116 Å². The van der Waals surface area contributed by atoms with Gasteiger partial charge < -0.3 is 10.5 Å². The van der Waals surface area contributed by atoms with Crippen molar-refractivity contribution in [2.24, 2.45) is 0 Å². The summed E-state index contributed by atoms with van der Waals surface area (Å²) in [6, 6.07) is 0. The van der Waals surface area contributed by atoms with Crippen molar-refractivity contribution in [2.45, 2.75) is 13.5 Å². The van der Waals surface area contributed by atoms with Crippen LogP contribution in [0, 0.1) is 6.92 Å². The first-order chi connectivity index (χ1) is 9.60. The molecule has 0 radical (unpaired) electrons. The van der Waals surface area contributed by atoms with E-state index >= 15 is 0 Å². The molecule has 104 valence electrons. The third kappa shape index (κ3) is 2.27. The van der Waals surface area contributed by atoms with E-state index < -0.39 is 5.97 Å². The van der Waals surface area contributed by atoms with E-state index in [0.29, 0.717) is 29.0 Å². The minimum atomic E-state index is -0.509. The Kier molecular flexibility index (Phi) is 3.84. The number of esters is 1. The molecule has 0 spiro atoms. The highest BCUT2D eigenvalue weighted by molar-refractivity contribution is 6.04. The van der Waals surface area contributed by atoms with Gasteiger partial charge in [0.15, 0.2) is 5.65 Å². The SMILES string of the molecule is C=CCOC(=O)c1c(C)nc2c(cnn2CC=C)c1N. The quantitative estimate of drug-likeness (QED) is 0.663. The molecule has 0 amide bonds. The first-order valence-corrected chi connectivity index (χ1v) is 6.10. The lowest BCUT2D eigenvalue weighted by molar-refractivity contribution is 0.0550. The summed E-state index contributed by atoms with van der Waals surface area (Å²) < 4.78 is 6.69. The third-order valence-electron chi connectivity index (χ3n) is 2.84. The first-order valence-electron chi connectivity index (χ1n) is 6.10. The van der Waals surface area contributed by atoms with Crippen molar-refractivity contribution >= 4 is 22.7 Å². The molecule has 6 heteroatoms. The summed E-state index contributed by atoms with van der Waals surface area (Å²) in [5.74, 6) is -0.509. The van der Waals surface area contributed by atoms with Gasteiger partial charge >= 0.3 is 5.97 Å². The van der Waals surface area contributed by atoms with Gasteiger partial charge in [0, 0.05) is 0 Å². The Hall–Kier alpha value is -2.63. The van der Waals surface area contributed by atoms with Gasteiger partial charge in [0.1, 0.15) is 12.2 Å². The highest BCUT2D eigenvalue weighted by atomic mass is 16.5. The monoisotopic (exact) mass is 272 g/mol. The molecule has 2 rings (SSSR count). The van der Waals surface area contributed by atoms with Crippen LogP contribution in [0.2, 0.25) is 0 Å². The van der Waals surface area contributed by atoms with Crippen molar-refractivity contribution in [2.75, 3.05) is 12.3 Å². The van der Waals surface area contributed by atoms with Crippen LogP contribution in [0.5, 0.6) is 0 Å². The molecule has 0 atom stereocenters. The van der Waals surface area contributed by atoms with Crippen molar-refractivity contribution in [1.82, 2.24) is 14.8 Å². The van der Waals surface area contributed by atoms with E-state index in [1.54, 1.807) is 23.9 Å². The minimum absolute atomic E-state index is 0.130. The number of hydrogen-bond donors (Lipinski definition) is 1. The molecule has 0 bridgehead atoms. The van der Waals surface area contributed by atoms with E-state index in [1.807, 2.05) is 0 Å². The number of nitrogens with zero attached hydrogens (tertiary/aromatic N) is 3.